The van der Waals surface area contributed by atoms with E-state index < -0.39 is 39.8 Å². The molecule has 0 rings (SSSR count). The second-order valence-electron chi connectivity index (χ2n) is 3.28. The van der Waals surface area contributed by atoms with E-state index in [-0.39, 0.29) is 5.97 Å². The van der Waals surface area contributed by atoms with Gasteiger partial charge in [-0.3, -0.25) is 0 Å². The van der Waals surface area contributed by atoms with Crippen LogP contribution in [0.1, 0.15) is 33.6 Å². The average molecular weight is 351 g/mol. The molecule has 0 saturated heterocycles. The first kappa shape index (κ1) is 16.2. The zero-order valence-corrected chi connectivity index (χ0v) is 13.0. The molecule has 0 bridgehead atoms. The summed E-state index contributed by atoms with van der Waals surface area (Å²) in [5, 5.41) is 0. The third-order valence-electron chi connectivity index (χ3n) is 1.53. The van der Waals surface area contributed by atoms with Crippen LogP contribution in [0, 0.1) is 0 Å². The van der Waals surface area contributed by atoms with Gasteiger partial charge in [-0.1, -0.05) is 0 Å². The summed E-state index contributed by atoms with van der Waals surface area (Å²) in [7, 11) is 0. The maximum absolute atomic E-state index is 10.7. The normalized spacial score (nSPS) is 9.88. The van der Waals surface area contributed by atoms with Crippen molar-refractivity contribution < 1.29 is 26.9 Å². The summed E-state index contributed by atoms with van der Waals surface area (Å²) in [6.07, 6.45) is 0.299. The third kappa shape index (κ3) is 11.5. The minimum absolute atomic E-state index is 0.256. The molecule has 0 aliphatic heterocycles. The molecule has 0 spiro atoms. The van der Waals surface area contributed by atoms with Crippen LogP contribution in [0.25, 0.3) is 0 Å². The van der Waals surface area contributed by atoms with E-state index in [1.807, 2.05) is 0 Å². The van der Waals surface area contributed by atoms with Crippen molar-refractivity contribution >= 4 is 39.5 Å². The molecule has 0 aliphatic carbocycles. The number of carbonyl (C=O) groups excluding carboxylic acids is 3. The molecule has 7 heteroatoms. The predicted octanol–water partition coefficient (Wildman–Crippen LogP) is 0.820. The summed E-state index contributed by atoms with van der Waals surface area (Å²) in [5.74, 6) is -1.24. The van der Waals surface area contributed by atoms with Crippen LogP contribution in [0.3, 0.4) is 0 Å². The van der Waals surface area contributed by atoms with Crippen molar-refractivity contribution in [1.29, 1.82) is 0 Å². The van der Waals surface area contributed by atoms with Crippen molar-refractivity contribution in [2.24, 2.45) is 0 Å². The van der Waals surface area contributed by atoms with Crippen molar-refractivity contribution in [3.05, 3.63) is 0 Å². The number of hydrogen-bond donors (Lipinski definition) is 0. The average Bonchev–Trinajstić information content (AvgIpc) is 2.14. The predicted molar refractivity (Wildman–Crippen MR) is 58.9 cm³/mol. The van der Waals surface area contributed by atoms with Crippen LogP contribution in [0.15, 0.2) is 0 Å². The van der Waals surface area contributed by atoms with Crippen molar-refractivity contribution in [3.63, 3.8) is 0 Å². The van der Waals surface area contributed by atoms with E-state index in [1.165, 1.54) is 20.8 Å². The molecule has 0 aliphatic rings. The van der Waals surface area contributed by atoms with Crippen LogP contribution in [-0.4, -0.2) is 45.8 Å². The molecule has 0 saturated carbocycles. The first-order valence-corrected chi connectivity index (χ1v) is 8.35. The van der Waals surface area contributed by atoms with Gasteiger partial charge in [-0.05, 0) is 0 Å². The molecular weight excluding hydrogens is 335 g/mol. The monoisotopic (exact) mass is 352 g/mol. The van der Waals surface area contributed by atoms with Gasteiger partial charge in [-0.15, -0.1) is 0 Å². The molecule has 96 valence electrons. The first-order chi connectivity index (χ1) is 7.91. The van der Waals surface area contributed by atoms with E-state index in [2.05, 4.69) is 0 Å². The molecule has 0 heterocycles. The van der Waals surface area contributed by atoms with Gasteiger partial charge < -0.3 is 0 Å². The van der Waals surface area contributed by atoms with Gasteiger partial charge in [0.1, 0.15) is 0 Å². The summed E-state index contributed by atoms with van der Waals surface area (Å²) in [6, 6.07) is 0. The minimum atomic E-state index is -1.13. The van der Waals surface area contributed by atoms with Gasteiger partial charge in [0, 0.05) is 0 Å². The van der Waals surface area contributed by atoms with Crippen molar-refractivity contribution in [2.75, 3.05) is 0 Å². The van der Waals surface area contributed by atoms with Gasteiger partial charge in [0.2, 0.25) is 0 Å². The number of esters is 2. The Labute approximate surface area is 111 Å². The summed E-state index contributed by atoms with van der Waals surface area (Å²) in [5.41, 5.74) is 0. The topological polar surface area (TPSA) is 78.9 Å². The van der Waals surface area contributed by atoms with Gasteiger partial charge in [0.25, 0.3) is 0 Å². The Morgan fingerprint density at radius 1 is 1.00 bits per heavy atom. The molecule has 17 heavy (non-hydrogen) atoms. The summed E-state index contributed by atoms with van der Waals surface area (Å²) in [4.78, 5) is 32.0. The zero-order valence-electron chi connectivity index (χ0n) is 10.1. The maximum atomic E-state index is 10.7. The molecule has 0 amide bonds. The van der Waals surface area contributed by atoms with Crippen LogP contribution in [0.4, 0.5) is 0 Å². The van der Waals surface area contributed by atoms with E-state index in [0.717, 1.165) is 4.44 Å². The van der Waals surface area contributed by atoms with Crippen molar-refractivity contribution in [3.8, 4) is 0 Å². The fourth-order valence-corrected chi connectivity index (χ4v) is 2.87. The molecule has 0 unspecified atom stereocenters. The van der Waals surface area contributed by atoms with Gasteiger partial charge in [0.15, 0.2) is 0 Å². The Morgan fingerprint density at radius 2 is 1.53 bits per heavy atom. The van der Waals surface area contributed by atoms with E-state index in [9.17, 15) is 14.4 Å². The fraction of sp³-hybridized carbons (Fsp3) is 0.700. The SMILES string of the molecule is CC(=O)[O][Sn][CH2]CCC(OC(C)=O)OC(C)=O. The van der Waals surface area contributed by atoms with E-state index in [4.69, 9.17) is 12.5 Å². The van der Waals surface area contributed by atoms with Crippen LogP contribution in [-0.2, 0) is 26.9 Å². The second kappa shape index (κ2) is 9.26. The number of rotatable bonds is 7. The van der Waals surface area contributed by atoms with E-state index in [0.29, 0.717) is 12.8 Å². The van der Waals surface area contributed by atoms with Crippen LogP contribution in [0.2, 0.25) is 4.44 Å². The zero-order chi connectivity index (χ0) is 13.3. The Hall–Kier alpha value is -0.791. The molecule has 2 radical (unpaired) electrons. The van der Waals surface area contributed by atoms with Gasteiger partial charge in [0.05, 0.1) is 0 Å². The third-order valence-corrected chi connectivity index (χ3v) is 4.35. The fourth-order valence-electron chi connectivity index (χ4n) is 1.01. The van der Waals surface area contributed by atoms with Gasteiger partial charge in [-0.2, -0.15) is 0 Å². The Balaban J connectivity index is 3.79. The molecule has 0 N–H and O–H groups in total. The van der Waals surface area contributed by atoms with Crippen LogP contribution >= 0.6 is 0 Å². The summed E-state index contributed by atoms with van der Waals surface area (Å²) < 4.78 is 15.3. The standard InChI is InChI=1S/C8H13O4.C2H4O2.Sn/c1-4-5-8(11-6(2)9)12-7(3)10;1-2(3)4;/h8H,1,4-5H2,2-3H3;1H3,(H,3,4);/q;;+1/p-1. The van der Waals surface area contributed by atoms with Crippen LogP contribution in [0.5, 0.6) is 0 Å². The number of carbonyl (C=O) groups is 3. The summed E-state index contributed by atoms with van der Waals surface area (Å²) in [6.45, 7) is 3.89. The molecule has 0 aromatic carbocycles. The van der Waals surface area contributed by atoms with E-state index >= 15 is 0 Å². The summed E-state index contributed by atoms with van der Waals surface area (Å²) >= 11 is -1.13. The Bertz CT molecular complexity index is 262. The quantitative estimate of drug-likeness (QED) is 0.293. The molecule has 0 aromatic heterocycles. The molecular formula is C10H16O6Sn. The van der Waals surface area contributed by atoms with Gasteiger partial charge in [-0.25, -0.2) is 0 Å². The Morgan fingerprint density at radius 3 is 1.94 bits per heavy atom. The first-order valence-electron chi connectivity index (χ1n) is 5.16. The molecule has 6 nitrogen and oxygen atoms in total. The van der Waals surface area contributed by atoms with Crippen molar-refractivity contribution in [1.82, 2.24) is 0 Å². The second-order valence-corrected chi connectivity index (χ2v) is 6.11. The molecule has 0 atom stereocenters. The Kier molecular flexibility index (Phi) is 8.83. The van der Waals surface area contributed by atoms with Crippen molar-refractivity contribution in [2.45, 2.75) is 44.3 Å². The molecule has 0 aromatic rings. The number of ether oxygens (including phenoxy) is 2. The molecule has 0 fully saturated rings. The number of hydrogen-bond acceptors (Lipinski definition) is 6. The van der Waals surface area contributed by atoms with E-state index in [1.54, 1.807) is 0 Å². The van der Waals surface area contributed by atoms with Gasteiger partial charge >= 0.3 is 111 Å². The van der Waals surface area contributed by atoms with Crippen LogP contribution < -0.4 is 0 Å².